The van der Waals surface area contributed by atoms with E-state index in [4.69, 9.17) is 9.47 Å². The number of phenolic OH excluding ortho intramolecular Hbond substituents is 1. The molecule has 2 heterocycles. The number of aliphatic hydroxyl groups excluding tert-OH is 1. The first kappa shape index (κ1) is 21.5. The number of nitrogens with zero attached hydrogens (tertiary/aromatic N) is 1. The molecule has 1 amide bonds. The van der Waals surface area contributed by atoms with Crippen LogP contribution in [0.25, 0.3) is 5.76 Å². The third-order valence-corrected chi connectivity index (χ3v) is 5.83. The van der Waals surface area contributed by atoms with Gasteiger partial charge >= 0.3 is 0 Å². The van der Waals surface area contributed by atoms with E-state index in [-0.39, 0.29) is 23.6 Å². The number of benzene rings is 3. The number of ether oxygens (including phenoxy) is 2. The fraction of sp³-hybridized carbons (Fsp3) is 0.154. The van der Waals surface area contributed by atoms with Gasteiger partial charge in [-0.25, -0.2) is 4.39 Å². The second-order valence-electron chi connectivity index (χ2n) is 8.00. The van der Waals surface area contributed by atoms with E-state index >= 15 is 0 Å². The number of halogens is 1. The van der Waals surface area contributed by atoms with Gasteiger partial charge in [0, 0.05) is 12.1 Å². The first-order chi connectivity index (χ1) is 16.4. The zero-order valence-corrected chi connectivity index (χ0v) is 17.9. The molecule has 1 saturated heterocycles. The lowest BCUT2D eigenvalue weighted by Crippen LogP contribution is -2.29. The molecule has 2 N–H and O–H groups in total. The third kappa shape index (κ3) is 3.83. The summed E-state index contributed by atoms with van der Waals surface area (Å²) in [6.45, 7) is 0.786. The third-order valence-electron chi connectivity index (χ3n) is 5.83. The molecule has 1 fully saturated rings. The van der Waals surface area contributed by atoms with Crippen molar-refractivity contribution in [3.05, 3.63) is 94.8 Å². The first-order valence-electron chi connectivity index (χ1n) is 10.6. The number of rotatable bonds is 4. The molecular weight excluding hydrogens is 441 g/mol. The van der Waals surface area contributed by atoms with Crippen LogP contribution in [-0.2, 0) is 16.1 Å². The van der Waals surface area contributed by atoms with Gasteiger partial charge in [-0.3, -0.25) is 9.59 Å². The van der Waals surface area contributed by atoms with Crippen molar-refractivity contribution >= 4 is 17.4 Å². The highest BCUT2D eigenvalue weighted by Gasteiger charge is 2.46. The molecule has 8 heteroatoms. The number of aliphatic hydroxyl groups is 1. The summed E-state index contributed by atoms with van der Waals surface area (Å²) in [5.41, 5.74) is 1.35. The van der Waals surface area contributed by atoms with Gasteiger partial charge in [0.1, 0.15) is 30.5 Å². The largest absolute Gasteiger partial charge is 0.508 e. The van der Waals surface area contributed by atoms with E-state index in [0.717, 1.165) is 0 Å². The smallest absolute Gasteiger partial charge is 0.295 e. The highest BCUT2D eigenvalue weighted by atomic mass is 19.1. The summed E-state index contributed by atoms with van der Waals surface area (Å²) in [5, 5.41) is 20.9. The molecule has 172 valence electrons. The molecule has 0 saturated carbocycles. The maximum atomic E-state index is 13.4. The number of fused-ring (bicyclic) bond motifs is 1. The molecule has 34 heavy (non-hydrogen) atoms. The summed E-state index contributed by atoms with van der Waals surface area (Å²) in [5.74, 6) is -1.43. The van der Waals surface area contributed by atoms with E-state index in [1.807, 2.05) is 0 Å². The molecule has 3 aromatic rings. The lowest BCUT2D eigenvalue weighted by Gasteiger charge is -2.25. The Morgan fingerprint density at radius 3 is 2.32 bits per heavy atom. The maximum Gasteiger partial charge on any atom is 0.295 e. The number of amides is 1. The zero-order chi connectivity index (χ0) is 23.8. The van der Waals surface area contributed by atoms with E-state index < -0.39 is 23.5 Å². The maximum absolute atomic E-state index is 13.4. The van der Waals surface area contributed by atoms with Crippen LogP contribution in [0.5, 0.6) is 17.2 Å². The number of hydrogen-bond acceptors (Lipinski definition) is 6. The highest BCUT2D eigenvalue weighted by Crippen LogP contribution is 2.42. The number of carbonyl (C=O) groups is 2. The Kier molecular flexibility index (Phi) is 5.41. The van der Waals surface area contributed by atoms with Crippen molar-refractivity contribution in [2.45, 2.75) is 12.6 Å². The summed E-state index contributed by atoms with van der Waals surface area (Å²) in [7, 11) is 0. The first-order valence-corrected chi connectivity index (χ1v) is 10.6. The molecule has 0 bridgehead atoms. The lowest BCUT2D eigenvalue weighted by atomic mass is 9.95. The van der Waals surface area contributed by atoms with Gasteiger partial charge in [-0.15, -0.1) is 0 Å². The lowest BCUT2D eigenvalue weighted by molar-refractivity contribution is -0.140. The molecule has 7 nitrogen and oxygen atoms in total. The Morgan fingerprint density at radius 1 is 0.941 bits per heavy atom. The van der Waals surface area contributed by atoms with Gasteiger partial charge in [0.25, 0.3) is 11.7 Å². The van der Waals surface area contributed by atoms with Crippen molar-refractivity contribution in [1.29, 1.82) is 0 Å². The predicted octanol–water partition coefficient (Wildman–Crippen LogP) is 3.92. The van der Waals surface area contributed by atoms with Gasteiger partial charge in [-0.05, 0) is 53.6 Å². The fourth-order valence-corrected chi connectivity index (χ4v) is 4.18. The van der Waals surface area contributed by atoms with Crippen molar-refractivity contribution < 1.29 is 33.7 Å². The number of Topliss-reactive ketones (excluding diaryl/α,β-unsaturated/α-hetero) is 1. The van der Waals surface area contributed by atoms with Crippen LogP contribution in [0.2, 0.25) is 0 Å². The summed E-state index contributed by atoms with van der Waals surface area (Å²) >= 11 is 0. The average molecular weight is 461 g/mol. The summed E-state index contributed by atoms with van der Waals surface area (Å²) in [6, 6.07) is 15.5. The number of likely N-dealkylation sites (tertiary alicyclic amines) is 1. The van der Waals surface area contributed by atoms with Gasteiger partial charge in [-0.2, -0.15) is 0 Å². The number of aromatic hydroxyl groups is 1. The minimum atomic E-state index is -0.918. The van der Waals surface area contributed by atoms with Crippen LogP contribution in [0.1, 0.15) is 22.7 Å². The van der Waals surface area contributed by atoms with Gasteiger partial charge in [0.15, 0.2) is 11.5 Å². The van der Waals surface area contributed by atoms with Crippen LogP contribution in [0.15, 0.2) is 72.3 Å². The molecule has 1 atom stereocenters. The predicted molar refractivity (Wildman–Crippen MR) is 120 cm³/mol. The topological polar surface area (TPSA) is 96.3 Å². The van der Waals surface area contributed by atoms with E-state index in [2.05, 4.69) is 0 Å². The van der Waals surface area contributed by atoms with Gasteiger partial charge < -0.3 is 24.6 Å². The van der Waals surface area contributed by atoms with Crippen LogP contribution < -0.4 is 9.47 Å². The molecule has 0 spiro atoms. The molecule has 1 unspecified atom stereocenters. The summed E-state index contributed by atoms with van der Waals surface area (Å²) < 4.78 is 24.5. The zero-order valence-electron chi connectivity index (χ0n) is 17.9. The SMILES string of the molecule is O=C1C(=O)N(Cc2ccc(F)cc2)C(c2ccc(O)cc2)/C1=C(/O)c1ccc2c(c1)OCCO2. The Balaban J connectivity index is 1.62. The van der Waals surface area contributed by atoms with Crippen LogP contribution in [-0.4, -0.2) is 40.0 Å². The van der Waals surface area contributed by atoms with Crippen molar-refractivity contribution in [3.63, 3.8) is 0 Å². The number of carbonyl (C=O) groups excluding carboxylic acids is 2. The molecule has 5 rings (SSSR count). The van der Waals surface area contributed by atoms with Gasteiger partial charge in [-0.1, -0.05) is 24.3 Å². The number of phenols is 1. The van der Waals surface area contributed by atoms with E-state index in [1.165, 1.54) is 41.3 Å². The van der Waals surface area contributed by atoms with E-state index in [9.17, 15) is 24.2 Å². The molecular formula is C26H20FNO6. The molecule has 0 radical (unpaired) electrons. The highest BCUT2D eigenvalue weighted by molar-refractivity contribution is 6.46. The normalized spacial score (nSPS) is 18.9. The molecule has 0 aliphatic carbocycles. The fourth-order valence-electron chi connectivity index (χ4n) is 4.18. The summed E-state index contributed by atoms with van der Waals surface area (Å²) in [6.07, 6.45) is 0. The Labute approximate surface area is 194 Å². The van der Waals surface area contributed by atoms with Crippen molar-refractivity contribution in [1.82, 2.24) is 4.90 Å². The Hall–Kier alpha value is -4.33. The van der Waals surface area contributed by atoms with Crippen LogP contribution in [0.4, 0.5) is 4.39 Å². The average Bonchev–Trinajstić information content (AvgIpc) is 3.10. The van der Waals surface area contributed by atoms with Gasteiger partial charge in [0.2, 0.25) is 0 Å². The minimum Gasteiger partial charge on any atom is -0.508 e. The minimum absolute atomic E-state index is 0.0195. The molecule has 3 aromatic carbocycles. The van der Waals surface area contributed by atoms with Crippen molar-refractivity contribution in [2.75, 3.05) is 13.2 Å². The van der Waals surface area contributed by atoms with E-state index in [1.54, 1.807) is 30.3 Å². The Morgan fingerprint density at radius 2 is 1.62 bits per heavy atom. The van der Waals surface area contributed by atoms with E-state index in [0.29, 0.717) is 41.4 Å². The van der Waals surface area contributed by atoms with Crippen LogP contribution in [0.3, 0.4) is 0 Å². The molecule has 0 aromatic heterocycles. The number of hydrogen-bond donors (Lipinski definition) is 2. The second-order valence-corrected chi connectivity index (χ2v) is 8.00. The number of ketones is 1. The quantitative estimate of drug-likeness (QED) is 0.347. The monoisotopic (exact) mass is 461 g/mol. The van der Waals surface area contributed by atoms with Crippen LogP contribution in [0, 0.1) is 5.82 Å². The summed E-state index contributed by atoms with van der Waals surface area (Å²) in [4.78, 5) is 27.5. The van der Waals surface area contributed by atoms with Crippen molar-refractivity contribution in [2.24, 2.45) is 0 Å². The molecule has 2 aliphatic heterocycles. The van der Waals surface area contributed by atoms with Crippen molar-refractivity contribution in [3.8, 4) is 17.2 Å². The van der Waals surface area contributed by atoms with Crippen LogP contribution >= 0.6 is 0 Å². The molecule has 2 aliphatic rings. The second kappa shape index (κ2) is 8.55. The Bertz CT molecular complexity index is 1300. The van der Waals surface area contributed by atoms with Gasteiger partial charge in [0.05, 0.1) is 11.6 Å². The standard InChI is InChI=1S/C26H20FNO6/c27-18-6-1-15(2-7-18)14-28-23(16-3-8-19(29)9-4-16)22(25(31)26(28)32)24(30)17-5-10-20-21(13-17)34-12-11-33-20/h1-10,13,23,29-30H,11-12,14H2/b24-22-.